The average molecular weight is 922 g/mol. The fraction of sp³-hybridized carbons (Fsp3) is 0.667. The standard InChI is InChI=1S/C17H26ClNO3.C14H20F3N3.C13H21N.C7H17N/c1-6-8-14(15(7-2)21-4)19-17(20)12-10-13(18)11(3)9-16(12)22-5;1-3-7-20(8-4-2)12-9-11(14(15,16)17)18-13(19-12)10-5-6-10;1-4-10-14(11-5-2)13-8-6-12(3)7-9-13;1-4-6-8(3)7-5-2/h9-10,14-15H,6-8H2,1-5H3,(H,19,20);9-10H,3-8H2,1-2H3;6-9H,4-5,10-11H2,1-3H3;4-7H2,1-3H3. The summed E-state index contributed by atoms with van der Waals surface area (Å²) >= 11 is 6.14. The topological polar surface area (TPSA) is 83.1 Å². The number of aromatic nitrogens is 2. The molecule has 1 aliphatic carbocycles. The molecule has 0 saturated heterocycles. The SMILES string of the molecule is CCCC(NC(=O)c1cc(Cl)c(C)cc1OC)C(CC)OC.CCCN(C)CCC.CCCN(CCC)c1cc(C(F)(F)F)nc(C2CC2)n1.CCCN(CCC)c1ccc(C)cc1. The number of amides is 1. The fourth-order valence-corrected chi connectivity index (χ4v) is 7.39. The maximum Gasteiger partial charge on any atom is 0.433 e. The van der Waals surface area contributed by atoms with E-state index in [1.54, 1.807) is 26.4 Å². The highest BCUT2D eigenvalue weighted by molar-refractivity contribution is 6.31. The number of nitrogens with zero attached hydrogens (tertiary/aromatic N) is 5. The van der Waals surface area contributed by atoms with Crippen LogP contribution in [0.3, 0.4) is 0 Å². The minimum absolute atomic E-state index is 0.00387. The van der Waals surface area contributed by atoms with E-state index in [2.05, 4.69) is 97.9 Å². The van der Waals surface area contributed by atoms with Gasteiger partial charge in [0.1, 0.15) is 23.1 Å². The summed E-state index contributed by atoms with van der Waals surface area (Å²) in [7, 11) is 5.40. The van der Waals surface area contributed by atoms with Crippen LogP contribution in [0.5, 0.6) is 5.75 Å². The van der Waals surface area contributed by atoms with Gasteiger partial charge in [-0.15, -0.1) is 0 Å². The van der Waals surface area contributed by atoms with Crippen LogP contribution in [0.15, 0.2) is 42.5 Å². The Hall–Kier alpha value is -3.61. The third-order valence-electron chi connectivity index (χ3n) is 10.7. The molecule has 1 heterocycles. The molecular weight excluding hydrogens is 837 g/mol. The van der Waals surface area contributed by atoms with Crippen molar-refractivity contribution < 1.29 is 27.4 Å². The lowest BCUT2D eigenvalue weighted by Crippen LogP contribution is -2.44. The molecule has 3 aromatic rings. The van der Waals surface area contributed by atoms with E-state index in [-0.39, 0.29) is 24.0 Å². The molecule has 0 spiro atoms. The summed E-state index contributed by atoms with van der Waals surface area (Å²) in [6, 6.07) is 13.3. The van der Waals surface area contributed by atoms with Crippen LogP contribution in [-0.2, 0) is 10.9 Å². The molecule has 1 N–H and O–H groups in total. The molecule has 9 nitrogen and oxygen atoms in total. The van der Waals surface area contributed by atoms with Gasteiger partial charge in [-0.25, -0.2) is 9.97 Å². The van der Waals surface area contributed by atoms with E-state index in [1.165, 1.54) is 50.0 Å². The number of halogens is 4. The van der Waals surface area contributed by atoms with Crippen molar-refractivity contribution in [2.45, 2.75) is 164 Å². The van der Waals surface area contributed by atoms with Gasteiger partial charge >= 0.3 is 6.18 Å². The van der Waals surface area contributed by atoms with Gasteiger partial charge < -0.3 is 29.5 Å². The summed E-state index contributed by atoms with van der Waals surface area (Å²) in [5, 5.41) is 3.61. The van der Waals surface area contributed by atoms with E-state index in [0.717, 1.165) is 69.7 Å². The quantitative estimate of drug-likeness (QED) is 0.101. The number of benzene rings is 2. The molecule has 364 valence electrons. The summed E-state index contributed by atoms with van der Waals surface area (Å²) < 4.78 is 49.7. The largest absolute Gasteiger partial charge is 0.496 e. The van der Waals surface area contributed by atoms with E-state index in [4.69, 9.17) is 21.1 Å². The Morgan fingerprint density at radius 1 is 0.781 bits per heavy atom. The van der Waals surface area contributed by atoms with Crippen molar-refractivity contribution in [3.63, 3.8) is 0 Å². The molecule has 2 aromatic carbocycles. The molecule has 4 rings (SSSR count). The summed E-state index contributed by atoms with van der Waals surface area (Å²) in [5.74, 6) is 1.22. The summed E-state index contributed by atoms with van der Waals surface area (Å²) in [4.78, 5) is 27.4. The van der Waals surface area contributed by atoms with Gasteiger partial charge in [0.2, 0.25) is 0 Å². The Balaban J connectivity index is 0.000000450. The second-order valence-corrected chi connectivity index (χ2v) is 17.1. The number of alkyl halides is 3. The van der Waals surface area contributed by atoms with Crippen molar-refractivity contribution in [3.05, 3.63) is 75.7 Å². The number of ether oxygens (including phenoxy) is 2. The third kappa shape index (κ3) is 21.6. The van der Waals surface area contributed by atoms with Crippen molar-refractivity contribution in [2.24, 2.45) is 0 Å². The minimum atomic E-state index is -4.41. The number of methoxy groups -OCH3 is 2. The molecule has 0 radical (unpaired) electrons. The third-order valence-corrected chi connectivity index (χ3v) is 11.1. The van der Waals surface area contributed by atoms with Gasteiger partial charge in [0, 0.05) is 56.0 Å². The second-order valence-electron chi connectivity index (χ2n) is 16.7. The molecule has 1 aliphatic rings. The van der Waals surface area contributed by atoms with Gasteiger partial charge in [-0.05, 0) is 128 Å². The number of rotatable bonds is 23. The Kier molecular flexibility index (Phi) is 29.3. The lowest BCUT2D eigenvalue weighted by molar-refractivity contribution is -0.141. The summed E-state index contributed by atoms with van der Waals surface area (Å²) in [6.07, 6.45) is 6.78. The Labute approximate surface area is 391 Å². The number of aryl methyl sites for hydroxylation is 2. The number of hydrogen-bond donors (Lipinski definition) is 1. The first-order chi connectivity index (χ1) is 30.5. The molecule has 1 fully saturated rings. The zero-order chi connectivity index (χ0) is 48.2. The van der Waals surface area contributed by atoms with Crippen LogP contribution in [0.2, 0.25) is 5.02 Å². The number of nitrogens with one attached hydrogen (secondary N) is 1. The fourth-order valence-electron chi connectivity index (χ4n) is 7.23. The first kappa shape index (κ1) is 58.4. The molecule has 0 bridgehead atoms. The lowest BCUT2D eigenvalue weighted by Gasteiger charge is -2.26. The predicted octanol–water partition coefficient (Wildman–Crippen LogP) is 13.3. The van der Waals surface area contributed by atoms with Gasteiger partial charge in [-0.1, -0.05) is 91.1 Å². The maximum absolute atomic E-state index is 13.0. The van der Waals surface area contributed by atoms with Crippen LogP contribution in [0.1, 0.15) is 165 Å². The number of carbonyl (C=O) groups is 1. The molecule has 2 atom stereocenters. The molecule has 64 heavy (non-hydrogen) atoms. The smallest absolute Gasteiger partial charge is 0.433 e. The summed E-state index contributed by atoms with van der Waals surface area (Å²) in [6.45, 7) is 27.3. The first-order valence-electron chi connectivity index (χ1n) is 23.9. The number of carbonyl (C=O) groups excluding carboxylic acids is 1. The van der Waals surface area contributed by atoms with E-state index in [9.17, 15) is 18.0 Å². The van der Waals surface area contributed by atoms with Crippen LogP contribution in [0.25, 0.3) is 0 Å². The first-order valence-corrected chi connectivity index (χ1v) is 24.3. The van der Waals surface area contributed by atoms with Gasteiger partial charge in [0.25, 0.3) is 5.91 Å². The normalized spacial score (nSPS) is 13.0. The molecule has 1 aromatic heterocycles. The molecule has 13 heteroatoms. The van der Waals surface area contributed by atoms with Gasteiger partial charge in [-0.3, -0.25) is 4.79 Å². The average Bonchev–Trinajstić information content (AvgIpc) is 4.12. The Morgan fingerprint density at radius 2 is 1.31 bits per heavy atom. The van der Waals surface area contributed by atoms with E-state index < -0.39 is 11.9 Å². The van der Waals surface area contributed by atoms with Crippen LogP contribution in [0.4, 0.5) is 24.7 Å². The number of hydrogen-bond acceptors (Lipinski definition) is 8. The minimum Gasteiger partial charge on any atom is -0.496 e. The monoisotopic (exact) mass is 921 g/mol. The maximum atomic E-state index is 13.0. The zero-order valence-electron chi connectivity index (χ0n) is 41.8. The van der Waals surface area contributed by atoms with E-state index in [1.807, 2.05) is 32.6 Å². The Bertz CT molecular complexity index is 1690. The lowest BCUT2D eigenvalue weighted by atomic mass is 10.0. The molecular formula is C51H84ClF3N6O3. The highest BCUT2D eigenvalue weighted by atomic mass is 35.5. The molecule has 0 aliphatic heterocycles. The van der Waals surface area contributed by atoms with Crippen molar-refractivity contribution in [1.82, 2.24) is 20.2 Å². The second kappa shape index (κ2) is 32.1. The van der Waals surface area contributed by atoms with Gasteiger partial charge in [-0.2, -0.15) is 13.2 Å². The van der Waals surface area contributed by atoms with Crippen LogP contribution in [-0.4, -0.2) is 93.5 Å². The highest BCUT2D eigenvalue weighted by Gasteiger charge is 2.36. The summed E-state index contributed by atoms with van der Waals surface area (Å²) in [5.41, 5.74) is 3.20. The van der Waals surface area contributed by atoms with Crippen molar-refractivity contribution in [2.75, 3.05) is 70.3 Å². The molecule has 1 amide bonds. The van der Waals surface area contributed by atoms with Gasteiger partial charge in [0.05, 0.1) is 24.8 Å². The van der Waals surface area contributed by atoms with Crippen LogP contribution in [0, 0.1) is 13.8 Å². The van der Waals surface area contributed by atoms with E-state index >= 15 is 0 Å². The van der Waals surface area contributed by atoms with Crippen molar-refractivity contribution in [3.8, 4) is 5.75 Å². The number of anilines is 2. The van der Waals surface area contributed by atoms with Crippen LogP contribution < -0.4 is 19.9 Å². The van der Waals surface area contributed by atoms with Crippen LogP contribution >= 0.6 is 11.6 Å². The zero-order valence-corrected chi connectivity index (χ0v) is 42.5. The van der Waals surface area contributed by atoms with Crippen molar-refractivity contribution in [1.29, 1.82) is 0 Å². The van der Waals surface area contributed by atoms with Gasteiger partial charge in [0.15, 0.2) is 0 Å². The van der Waals surface area contributed by atoms with Crippen molar-refractivity contribution >= 4 is 29.0 Å². The molecule has 1 saturated carbocycles. The Morgan fingerprint density at radius 3 is 1.75 bits per heavy atom. The predicted molar refractivity (Wildman–Crippen MR) is 264 cm³/mol. The van der Waals surface area contributed by atoms with E-state index in [0.29, 0.717) is 41.1 Å². The highest BCUT2D eigenvalue weighted by Crippen LogP contribution is 2.40. The molecule has 2 unspecified atom stereocenters.